The van der Waals surface area contributed by atoms with Crippen LogP contribution in [0.3, 0.4) is 0 Å². The van der Waals surface area contributed by atoms with Gasteiger partial charge in [0.25, 0.3) is 0 Å². The van der Waals surface area contributed by atoms with Crippen LogP contribution in [0.1, 0.15) is 5.56 Å². The summed E-state index contributed by atoms with van der Waals surface area (Å²) in [4.78, 5) is 0. The van der Waals surface area contributed by atoms with E-state index >= 15 is 0 Å². The van der Waals surface area contributed by atoms with E-state index in [4.69, 9.17) is 4.42 Å². The third kappa shape index (κ3) is 1.20. The van der Waals surface area contributed by atoms with Crippen LogP contribution in [-0.4, -0.2) is 7.05 Å². The number of anilines is 1. The minimum absolute atomic E-state index is 0.949. The topological polar surface area (TPSA) is 25.2 Å². The smallest absolute Gasteiger partial charge is 0.135 e. The second-order valence-electron chi connectivity index (χ2n) is 4.01. The lowest BCUT2D eigenvalue weighted by molar-refractivity contribution is 0.668. The second kappa shape index (κ2) is 3.27. The average Bonchev–Trinajstić information content (AvgIpc) is 2.65. The second-order valence-corrected chi connectivity index (χ2v) is 4.01. The van der Waals surface area contributed by atoms with E-state index in [0.29, 0.717) is 0 Å². The molecule has 0 aliphatic carbocycles. The zero-order valence-electron chi connectivity index (χ0n) is 9.37. The number of fused-ring (bicyclic) bond motifs is 3. The summed E-state index contributed by atoms with van der Waals surface area (Å²) in [6, 6.07) is 12.4. The minimum Gasteiger partial charge on any atom is -0.456 e. The summed E-state index contributed by atoms with van der Waals surface area (Å²) in [5.41, 5.74) is 4.26. The van der Waals surface area contributed by atoms with Crippen LogP contribution in [0.4, 0.5) is 5.69 Å². The molecule has 2 aromatic carbocycles. The largest absolute Gasteiger partial charge is 0.456 e. The molecule has 16 heavy (non-hydrogen) atoms. The van der Waals surface area contributed by atoms with E-state index in [1.165, 1.54) is 16.3 Å². The zero-order chi connectivity index (χ0) is 11.1. The number of hydrogen-bond donors (Lipinski definition) is 1. The van der Waals surface area contributed by atoms with E-state index in [9.17, 15) is 0 Å². The van der Waals surface area contributed by atoms with Crippen LogP contribution in [0.2, 0.25) is 0 Å². The van der Waals surface area contributed by atoms with E-state index in [2.05, 4.69) is 30.4 Å². The van der Waals surface area contributed by atoms with Crippen LogP contribution in [0.25, 0.3) is 21.9 Å². The predicted octanol–water partition coefficient (Wildman–Crippen LogP) is 3.94. The Hall–Kier alpha value is -1.96. The third-order valence-electron chi connectivity index (χ3n) is 2.99. The number of rotatable bonds is 1. The van der Waals surface area contributed by atoms with Crippen molar-refractivity contribution in [2.24, 2.45) is 0 Å². The summed E-state index contributed by atoms with van der Waals surface area (Å²) in [7, 11) is 1.94. The lowest BCUT2D eigenvalue weighted by Crippen LogP contribution is -1.90. The number of aryl methyl sites for hydroxylation is 1. The van der Waals surface area contributed by atoms with Crippen molar-refractivity contribution in [1.82, 2.24) is 0 Å². The molecular weight excluding hydrogens is 198 g/mol. The summed E-state index contributed by atoms with van der Waals surface area (Å²) in [5.74, 6) is 0. The molecule has 3 rings (SSSR count). The van der Waals surface area contributed by atoms with Gasteiger partial charge in [-0.15, -0.1) is 0 Å². The van der Waals surface area contributed by atoms with Gasteiger partial charge in [0.15, 0.2) is 0 Å². The van der Waals surface area contributed by atoms with Crippen LogP contribution in [0, 0.1) is 6.92 Å². The molecular formula is C14H13NO. The summed E-state index contributed by atoms with van der Waals surface area (Å²) < 4.78 is 5.80. The van der Waals surface area contributed by atoms with Crippen molar-refractivity contribution in [3.05, 3.63) is 42.0 Å². The summed E-state index contributed by atoms with van der Waals surface area (Å²) in [5, 5.41) is 5.55. The molecule has 0 spiro atoms. The lowest BCUT2D eigenvalue weighted by Gasteiger charge is -2.03. The fourth-order valence-corrected chi connectivity index (χ4v) is 2.14. The highest BCUT2D eigenvalue weighted by molar-refractivity contribution is 6.06. The fourth-order valence-electron chi connectivity index (χ4n) is 2.14. The van der Waals surface area contributed by atoms with Gasteiger partial charge in [-0.3, -0.25) is 0 Å². The Morgan fingerprint density at radius 3 is 2.62 bits per heavy atom. The molecule has 0 amide bonds. The molecule has 2 nitrogen and oxygen atoms in total. The maximum absolute atomic E-state index is 5.80. The van der Waals surface area contributed by atoms with Gasteiger partial charge in [0.05, 0.1) is 0 Å². The fraction of sp³-hybridized carbons (Fsp3) is 0.143. The lowest BCUT2D eigenvalue weighted by atomic mass is 10.1. The van der Waals surface area contributed by atoms with Gasteiger partial charge in [0, 0.05) is 23.5 Å². The van der Waals surface area contributed by atoms with Gasteiger partial charge in [0.1, 0.15) is 11.2 Å². The molecule has 1 aromatic heterocycles. The normalized spacial score (nSPS) is 11.1. The molecule has 0 saturated heterocycles. The maximum Gasteiger partial charge on any atom is 0.135 e. The minimum atomic E-state index is 0.949. The average molecular weight is 211 g/mol. The first-order valence-corrected chi connectivity index (χ1v) is 5.39. The zero-order valence-corrected chi connectivity index (χ0v) is 9.37. The molecule has 0 fully saturated rings. The van der Waals surface area contributed by atoms with Gasteiger partial charge < -0.3 is 9.73 Å². The molecule has 0 aliphatic rings. The van der Waals surface area contributed by atoms with Gasteiger partial charge in [-0.25, -0.2) is 0 Å². The molecule has 3 aromatic rings. The highest BCUT2D eigenvalue weighted by atomic mass is 16.3. The van der Waals surface area contributed by atoms with E-state index in [1.54, 1.807) is 0 Å². The first-order chi connectivity index (χ1) is 7.79. The Morgan fingerprint density at radius 1 is 1.00 bits per heavy atom. The van der Waals surface area contributed by atoms with Crippen LogP contribution in [0.15, 0.2) is 40.8 Å². The molecule has 1 heterocycles. The third-order valence-corrected chi connectivity index (χ3v) is 2.99. The summed E-state index contributed by atoms with van der Waals surface area (Å²) >= 11 is 0. The van der Waals surface area contributed by atoms with E-state index in [-0.39, 0.29) is 0 Å². The predicted molar refractivity (Wildman–Crippen MR) is 68.0 cm³/mol. The molecule has 0 saturated carbocycles. The van der Waals surface area contributed by atoms with Gasteiger partial charge >= 0.3 is 0 Å². The molecule has 0 aliphatic heterocycles. The Bertz CT molecular complexity index is 667. The van der Waals surface area contributed by atoms with Gasteiger partial charge in [0.2, 0.25) is 0 Å². The van der Waals surface area contributed by atoms with Crippen LogP contribution in [-0.2, 0) is 0 Å². The molecule has 0 atom stereocenters. The van der Waals surface area contributed by atoms with Crippen molar-refractivity contribution in [2.45, 2.75) is 6.92 Å². The van der Waals surface area contributed by atoms with Crippen LogP contribution in [0.5, 0.6) is 0 Å². The molecule has 0 unspecified atom stereocenters. The SMILES string of the molecule is CNc1cc2c(cc1C)oc1ccccc12. The quantitative estimate of drug-likeness (QED) is 0.659. The number of benzene rings is 2. The van der Waals surface area contributed by atoms with Crippen molar-refractivity contribution in [3.63, 3.8) is 0 Å². The van der Waals surface area contributed by atoms with Crippen LogP contribution >= 0.6 is 0 Å². The van der Waals surface area contributed by atoms with Crippen molar-refractivity contribution in [3.8, 4) is 0 Å². The first-order valence-electron chi connectivity index (χ1n) is 5.39. The monoisotopic (exact) mass is 211 g/mol. The first kappa shape index (κ1) is 9.28. The number of furan rings is 1. The van der Waals surface area contributed by atoms with Crippen molar-refractivity contribution >= 4 is 27.6 Å². The Morgan fingerprint density at radius 2 is 1.81 bits per heavy atom. The number of para-hydroxylation sites is 1. The molecule has 80 valence electrons. The molecule has 1 N–H and O–H groups in total. The van der Waals surface area contributed by atoms with Crippen molar-refractivity contribution in [1.29, 1.82) is 0 Å². The van der Waals surface area contributed by atoms with Gasteiger partial charge in [-0.1, -0.05) is 18.2 Å². The Balaban J connectivity index is 2.47. The number of nitrogens with one attached hydrogen (secondary N) is 1. The van der Waals surface area contributed by atoms with E-state index < -0.39 is 0 Å². The van der Waals surface area contributed by atoms with Crippen LogP contribution < -0.4 is 5.32 Å². The van der Waals surface area contributed by atoms with E-state index in [1.807, 2.05) is 25.2 Å². The van der Waals surface area contributed by atoms with E-state index in [0.717, 1.165) is 16.9 Å². The maximum atomic E-state index is 5.80. The summed E-state index contributed by atoms with van der Waals surface area (Å²) in [6.07, 6.45) is 0. The van der Waals surface area contributed by atoms with Gasteiger partial charge in [-0.05, 0) is 30.7 Å². The van der Waals surface area contributed by atoms with Crippen molar-refractivity contribution in [2.75, 3.05) is 12.4 Å². The molecule has 0 bridgehead atoms. The van der Waals surface area contributed by atoms with Crippen molar-refractivity contribution < 1.29 is 4.42 Å². The highest BCUT2D eigenvalue weighted by Crippen LogP contribution is 2.32. The Kier molecular flexibility index (Phi) is 1.90. The Labute approximate surface area is 93.9 Å². The summed E-state index contributed by atoms with van der Waals surface area (Å²) in [6.45, 7) is 2.08. The number of hydrogen-bond acceptors (Lipinski definition) is 2. The molecule has 2 heteroatoms. The van der Waals surface area contributed by atoms with Gasteiger partial charge in [-0.2, -0.15) is 0 Å². The molecule has 0 radical (unpaired) electrons. The highest BCUT2D eigenvalue weighted by Gasteiger charge is 2.08. The standard InChI is InChI=1S/C14H13NO/c1-9-7-14-11(8-12(9)15-2)10-5-3-4-6-13(10)16-14/h3-8,15H,1-2H3.